The molecular formula is C26H37N3O4. The minimum absolute atomic E-state index is 0.0187. The molecule has 1 aromatic carbocycles. The maximum absolute atomic E-state index is 13.7. The van der Waals surface area contributed by atoms with Gasteiger partial charge in [-0.1, -0.05) is 50.3 Å². The molecule has 7 heteroatoms. The Labute approximate surface area is 196 Å². The summed E-state index contributed by atoms with van der Waals surface area (Å²) in [4.78, 5) is 41.6. The third kappa shape index (κ3) is 5.75. The number of nitrogens with zero attached hydrogens (tertiary/aromatic N) is 1. The molecule has 0 spiro atoms. The van der Waals surface area contributed by atoms with Crippen molar-refractivity contribution < 1.29 is 19.1 Å². The minimum Gasteiger partial charge on any atom is -0.376 e. The van der Waals surface area contributed by atoms with Gasteiger partial charge in [0.05, 0.1) is 12.6 Å². The maximum atomic E-state index is 13.7. The van der Waals surface area contributed by atoms with E-state index < -0.39 is 5.54 Å². The summed E-state index contributed by atoms with van der Waals surface area (Å²) in [6.45, 7) is 0.968. The first-order valence-electron chi connectivity index (χ1n) is 12.6. The predicted octanol–water partition coefficient (Wildman–Crippen LogP) is 3.19. The molecule has 0 unspecified atom stereocenters. The average molecular weight is 456 g/mol. The van der Waals surface area contributed by atoms with Gasteiger partial charge in [-0.3, -0.25) is 14.4 Å². The Hall–Kier alpha value is -2.41. The predicted molar refractivity (Wildman–Crippen MR) is 126 cm³/mol. The highest BCUT2D eigenvalue weighted by Gasteiger charge is 2.48. The van der Waals surface area contributed by atoms with Crippen LogP contribution in [0.4, 0.5) is 0 Å². The number of rotatable bonds is 8. The Bertz CT molecular complexity index is 810. The quantitative estimate of drug-likeness (QED) is 0.630. The Morgan fingerprint density at radius 2 is 1.67 bits per heavy atom. The van der Waals surface area contributed by atoms with Crippen LogP contribution in [0.15, 0.2) is 30.3 Å². The molecule has 1 atom stereocenters. The molecule has 1 aliphatic heterocycles. The van der Waals surface area contributed by atoms with Gasteiger partial charge in [0.1, 0.15) is 5.54 Å². The van der Waals surface area contributed by atoms with Crippen LogP contribution in [0.5, 0.6) is 0 Å². The summed E-state index contributed by atoms with van der Waals surface area (Å²) in [6.07, 6.45) is 10.3. The fraction of sp³-hybridized carbons (Fsp3) is 0.654. The number of benzene rings is 1. The van der Waals surface area contributed by atoms with Crippen molar-refractivity contribution in [1.29, 1.82) is 0 Å². The lowest BCUT2D eigenvalue weighted by atomic mass is 9.78. The molecule has 180 valence electrons. The van der Waals surface area contributed by atoms with Crippen molar-refractivity contribution in [2.75, 3.05) is 19.7 Å². The second kappa shape index (κ2) is 11.1. The molecule has 33 heavy (non-hydrogen) atoms. The summed E-state index contributed by atoms with van der Waals surface area (Å²) in [5.41, 5.74) is -0.344. The highest BCUT2D eigenvalue weighted by atomic mass is 16.5. The van der Waals surface area contributed by atoms with Gasteiger partial charge in [-0.05, 0) is 50.7 Å². The van der Waals surface area contributed by atoms with Crippen LogP contribution in [0.1, 0.15) is 81.0 Å². The van der Waals surface area contributed by atoms with E-state index in [4.69, 9.17) is 4.74 Å². The molecular weight excluding hydrogens is 418 g/mol. The first-order chi connectivity index (χ1) is 16.1. The van der Waals surface area contributed by atoms with E-state index in [9.17, 15) is 14.4 Å². The number of carbonyl (C=O) groups excluding carboxylic acids is 3. The average Bonchev–Trinajstić information content (AvgIpc) is 3.56. The van der Waals surface area contributed by atoms with Crippen LogP contribution in [-0.4, -0.2) is 60.0 Å². The van der Waals surface area contributed by atoms with Crippen LogP contribution in [0, 0.1) is 0 Å². The summed E-state index contributed by atoms with van der Waals surface area (Å²) in [7, 11) is 0. The van der Waals surface area contributed by atoms with E-state index in [0.717, 1.165) is 57.8 Å². The van der Waals surface area contributed by atoms with Gasteiger partial charge >= 0.3 is 0 Å². The molecule has 2 saturated carbocycles. The van der Waals surface area contributed by atoms with Crippen LogP contribution >= 0.6 is 0 Å². The summed E-state index contributed by atoms with van der Waals surface area (Å²) >= 11 is 0. The highest BCUT2D eigenvalue weighted by Crippen LogP contribution is 2.36. The zero-order chi connectivity index (χ0) is 23.1. The summed E-state index contributed by atoms with van der Waals surface area (Å²) in [5, 5.41) is 6.05. The molecule has 2 N–H and O–H groups in total. The van der Waals surface area contributed by atoms with Crippen LogP contribution in [0.25, 0.3) is 0 Å². The van der Waals surface area contributed by atoms with Crippen LogP contribution in [-0.2, 0) is 14.3 Å². The number of carbonyl (C=O) groups is 3. The topological polar surface area (TPSA) is 87.7 Å². The number of hydrogen-bond donors (Lipinski definition) is 2. The van der Waals surface area contributed by atoms with Gasteiger partial charge < -0.3 is 20.3 Å². The number of ether oxygens (including phenoxy) is 1. The van der Waals surface area contributed by atoms with E-state index in [-0.39, 0.29) is 36.4 Å². The van der Waals surface area contributed by atoms with E-state index in [2.05, 4.69) is 10.6 Å². The zero-order valence-electron chi connectivity index (χ0n) is 19.5. The summed E-state index contributed by atoms with van der Waals surface area (Å²) in [5.74, 6) is -0.512. The Morgan fingerprint density at radius 1 is 0.939 bits per heavy atom. The minimum atomic E-state index is -0.860. The molecule has 1 heterocycles. The lowest BCUT2D eigenvalue weighted by molar-refractivity contribution is -0.152. The van der Waals surface area contributed by atoms with E-state index >= 15 is 0 Å². The van der Waals surface area contributed by atoms with E-state index in [1.54, 1.807) is 29.2 Å². The van der Waals surface area contributed by atoms with Crippen LogP contribution in [0.3, 0.4) is 0 Å². The van der Waals surface area contributed by atoms with Crippen molar-refractivity contribution in [3.8, 4) is 0 Å². The van der Waals surface area contributed by atoms with Crippen molar-refractivity contribution in [3.63, 3.8) is 0 Å². The fourth-order valence-electron chi connectivity index (χ4n) is 5.60. The third-order valence-corrected chi connectivity index (χ3v) is 7.46. The van der Waals surface area contributed by atoms with Crippen LogP contribution < -0.4 is 10.6 Å². The third-order valence-electron chi connectivity index (χ3n) is 7.46. The van der Waals surface area contributed by atoms with Gasteiger partial charge in [0.15, 0.2) is 0 Å². The monoisotopic (exact) mass is 455 g/mol. The SMILES string of the molecule is O=C(NCC(=O)N(C[C@H]1CCCO1)C1(C(=O)NC2CCCC2)CCCCC1)c1ccccc1. The van der Waals surface area contributed by atoms with E-state index in [0.29, 0.717) is 31.6 Å². The Balaban J connectivity index is 1.52. The van der Waals surface area contributed by atoms with E-state index in [1.807, 2.05) is 6.07 Å². The highest BCUT2D eigenvalue weighted by molar-refractivity contribution is 5.97. The van der Waals surface area contributed by atoms with Gasteiger partial charge in [-0.25, -0.2) is 0 Å². The molecule has 0 bridgehead atoms. The van der Waals surface area contributed by atoms with Crippen molar-refractivity contribution in [3.05, 3.63) is 35.9 Å². The lowest BCUT2D eigenvalue weighted by Gasteiger charge is -2.46. The van der Waals surface area contributed by atoms with Gasteiger partial charge in [0.2, 0.25) is 11.8 Å². The number of amides is 3. The molecule has 0 aromatic heterocycles. The lowest BCUT2D eigenvalue weighted by Crippen LogP contribution is -2.65. The molecule has 2 aliphatic carbocycles. The fourth-order valence-corrected chi connectivity index (χ4v) is 5.60. The van der Waals surface area contributed by atoms with Crippen LogP contribution in [0.2, 0.25) is 0 Å². The normalized spacial score (nSPS) is 22.6. The first-order valence-corrected chi connectivity index (χ1v) is 12.6. The van der Waals surface area contributed by atoms with Crippen molar-refractivity contribution >= 4 is 17.7 Å². The van der Waals surface area contributed by atoms with Gasteiger partial charge in [0.25, 0.3) is 5.91 Å². The molecule has 3 amide bonds. The van der Waals surface area contributed by atoms with E-state index in [1.165, 1.54) is 0 Å². The molecule has 1 saturated heterocycles. The van der Waals surface area contributed by atoms with Crippen molar-refractivity contribution in [1.82, 2.24) is 15.5 Å². The Kier molecular flexibility index (Phi) is 8.02. The molecule has 0 radical (unpaired) electrons. The van der Waals surface area contributed by atoms with Crippen molar-refractivity contribution in [2.45, 2.75) is 88.3 Å². The largest absolute Gasteiger partial charge is 0.376 e. The maximum Gasteiger partial charge on any atom is 0.251 e. The molecule has 3 fully saturated rings. The van der Waals surface area contributed by atoms with Gasteiger partial charge in [0, 0.05) is 24.8 Å². The van der Waals surface area contributed by atoms with Gasteiger partial charge in [-0.15, -0.1) is 0 Å². The second-order valence-electron chi connectivity index (χ2n) is 9.74. The van der Waals surface area contributed by atoms with Gasteiger partial charge in [-0.2, -0.15) is 0 Å². The van der Waals surface area contributed by atoms with Crippen molar-refractivity contribution in [2.24, 2.45) is 0 Å². The molecule has 7 nitrogen and oxygen atoms in total. The standard InChI is InChI=1S/C26H37N3O4/c30-23(18-27-24(31)20-10-3-1-4-11-20)29(19-22-14-9-17-33-22)26(15-7-2-8-16-26)25(32)28-21-12-5-6-13-21/h1,3-4,10-11,21-22H,2,5-9,12-19H2,(H,27,31)(H,28,32)/t22-/m1/s1. The number of hydrogen-bond acceptors (Lipinski definition) is 4. The molecule has 4 rings (SSSR count). The number of nitrogens with one attached hydrogen (secondary N) is 2. The molecule has 3 aliphatic rings. The summed E-state index contributed by atoms with van der Waals surface area (Å²) in [6, 6.07) is 9.09. The smallest absolute Gasteiger partial charge is 0.251 e. The summed E-state index contributed by atoms with van der Waals surface area (Å²) < 4.78 is 5.86. The molecule has 1 aromatic rings. The first kappa shape index (κ1) is 23.7. The second-order valence-corrected chi connectivity index (χ2v) is 9.74. The zero-order valence-corrected chi connectivity index (χ0v) is 19.5. The Morgan fingerprint density at radius 3 is 2.33 bits per heavy atom.